The highest BCUT2D eigenvalue weighted by Crippen LogP contribution is 2.45. The van der Waals surface area contributed by atoms with Crippen molar-refractivity contribution >= 4 is 35.2 Å². The van der Waals surface area contributed by atoms with Crippen LogP contribution in [0.3, 0.4) is 0 Å². The normalized spacial score (nSPS) is 18.3. The Morgan fingerprint density at radius 1 is 0.829 bits per heavy atom. The largest absolute Gasteiger partial charge is 0.416 e. The number of hydrogen-bond donors (Lipinski definition) is 0. The highest BCUT2D eigenvalue weighted by molar-refractivity contribution is 8.00. The van der Waals surface area contributed by atoms with E-state index in [2.05, 4.69) is 0 Å². The van der Waals surface area contributed by atoms with Crippen LogP contribution in [-0.2, 0) is 12.4 Å². The molecule has 2 heterocycles. The van der Waals surface area contributed by atoms with E-state index in [4.69, 9.17) is 11.6 Å². The zero-order valence-electron chi connectivity index (χ0n) is 18.0. The Balaban J connectivity index is 1.53. The Kier molecular flexibility index (Phi) is 6.78. The fourth-order valence-electron chi connectivity index (χ4n) is 4.41. The van der Waals surface area contributed by atoms with Crippen molar-refractivity contribution in [2.75, 3.05) is 25.4 Å². The van der Waals surface area contributed by atoms with Crippen LogP contribution in [-0.4, -0.2) is 51.9 Å². The zero-order valence-corrected chi connectivity index (χ0v) is 19.6. The van der Waals surface area contributed by atoms with Gasteiger partial charge in [-0.2, -0.15) is 26.3 Å². The Hall–Kier alpha value is -2.40. The molecule has 2 aliphatic rings. The van der Waals surface area contributed by atoms with Crippen LogP contribution in [0.25, 0.3) is 0 Å². The van der Waals surface area contributed by atoms with Crippen molar-refractivity contribution in [3.05, 3.63) is 69.7 Å². The summed E-state index contributed by atoms with van der Waals surface area (Å²) in [6.45, 7) is 0.651. The number of carbonyl (C=O) groups is 2. The van der Waals surface area contributed by atoms with Crippen molar-refractivity contribution < 1.29 is 35.9 Å². The SMILES string of the molecule is O=C(c1cc(C(F)(F)F)cc(C(F)(F)F)c1)N1CCC2(CC1)SCCN2C(=O)c1cccc(Cl)c1. The number of piperidine rings is 1. The monoisotopic (exact) mass is 536 g/mol. The van der Waals surface area contributed by atoms with Gasteiger partial charge in [0.15, 0.2) is 0 Å². The summed E-state index contributed by atoms with van der Waals surface area (Å²) in [5.74, 6) is -0.458. The third-order valence-electron chi connectivity index (χ3n) is 6.16. The van der Waals surface area contributed by atoms with Gasteiger partial charge in [0.2, 0.25) is 0 Å². The molecule has 2 fully saturated rings. The van der Waals surface area contributed by atoms with E-state index in [-0.39, 0.29) is 25.1 Å². The Bertz CT molecular complexity index is 1110. The van der Waals surface area contributed by atoms with Crippen molar-refractivity contribution in [3.63, 3.8) is 0 Å². The lowest BCUT2D eigenvalue weighted by Crippen LogP contribution is -2.53. The summed E-state index contributed by atoms with van der Waals surface area (Å²) >= 11 is 7.56. The van der Waals surface area contributed by atoms with Gasteiger partial charge in [-0.25, -0.2) is 0 Å². The second-order valence-corrected chi connectivity index (χ2v) is 10.2. The van der Waals surface area contributed by atoms with Gasteiger partial charge in [-0.15, -0.1) is 11.8 Å². The first-order valence-electron chi connectivity index (χ1n) is 10.6. The van der Waals surface area contributed by atoms with Gasteiger partial charge in [0, 0.05) is 41.5 Å². The van der Waals surface area contributed by atoms with E-state index in [1.54, 1.807) is 40.9 Å². The topological polar surface area (TPSA) is 40.6 Å². The fraction of sp³-hybridized carbons (Fsp3) is 0.391. The molecule has 2 amide bonds. The average molecular weight is 537 g/mol. The van der Waals surface area contributed by atoms with Gasteiger partial charge in [-0.3, -0.25) is 9.59 Å². The Morgan fingerprint density at radius 3 is 1.97 bits per heavy atom. The fourth-order valence-corrected chi connectivity index (χ4v) is 6.05. The summed E-state index contributed by atoms with van der Waals surface area (Å²) in [5.41, 5.74) is -3.32. The summed E-state index contributed by atoms with van der Waals surface area (Å²) in [5, 5.41) is 0.413. The minimum absolute atomic E-state index is 0.00350. The maximum Gasteiger partial charge on any atom is 0.416 e. The van der Waals surface area contributed by atoms with E-state index in [0.717, 1.165) is 0 Å². The maximum absolute atomic E-state index is 13.2. The number of thioether (sulfide) groups is 1. The molecule has 0 bridgehead atoms. The first kappa shape index (κ1) is 25.7. The molecule has 2 saturated heterocycles. The van der Waals surface area contributed by atoms with E-state index in [1.165, 1.54) is 4.90 Å². The molecule has 0 aromatic heterocycles. The quantitative estimate of drug-likeness (QED) is 0.429. The predicted molar refractivity (Wildman–Crippen MR) is 119 cm³/mol. The van der Waals surface area contributed by atoms with E-state index in [1.807, 2.05) is 0 Å². The molecule has 4 nitrogen and oxygen atoms in total. The molecule has 2 aromatic carbocycles. The molecule has 0 radical (unpaired) electrons. The first-order valence-corrected chi connectivity index (χ1v) is 12.0. The van der Waals surface area contributed by atoms with Crippen molar-refractivity contribution in [3.8, 4) is 0 Å². The molecule has 12 heteroatoms. The lowest BCUT2D eigenvalue weighted by molar-refractivity contribution is -0.143. The number of alkyl halides is 6. The van der Waals surface area contributed by atoms with Crippen LogP contribution in [0, 0.1) is 0 Å². The second kappa shape index (κ2) is 9.24. The van der Waals surface area contributed by atoms with Gasteiger partial charge >= 0.3 is 12.4 Å². The van der Waals surface area contributed by atoms with Gasteiger partial charge in [0.05, 0.1) is 16.0 Å². The number of benzene rings is 2. The van der Waals surface area contributed by atoms with Crippen molar-refractivity contribution in [2.24, 2.45) is 0 Å². The number of amides is 2. The molecule has 1 spiro atoms. The Morgan fingerprint density at radius 2 is 1.43 bits per heavy atom. The lowest BCUT2D eigenvalue weighted by Gasteiger charge is -2.44. The van der Waals surface area contributed by atoms with Crippen LogP contribution in [0.4, 0.5) is 26.3 Å². The van der Waals surface area contributed by atoms with Gasteiger partial charge < -0.3 is 9.80 Å². The second-order valence-electron chi connectivity index (χ2n) is 8.35. The molecule has 4 rings (SSSR count). The minimum atomic E-state index is -5.04. The summed E-state index contributed by atoms with van der Waals surface area (Å²) in [7, 11) is 0. The number of rotatable bonds is 2. The number of nitrogens with zero attached hydrogens (tertiary/aromatic N) is 2. The highest BCUT2D eigenvalue weighted by atomic mass is 35.5. The molecular weight excluding hydrogens is 518 g/mol. The number of likely N-dealkylation sites (tertiary alicyclic amines) is 1. The van der Waals surface area contributed by atoms with Gasteiger partial charge in [-0.05, 0) is 49.2 Å². The van der Waals surface area contributed by atoms with E-state index < -0.39 is 39.8 Å². The molecule has 0 aliphatic carbocycles. The third kappa shape index (κ3) is 5.25. The number of hydrogen-bond acceptors (Lipinski definition) is 3. The maximum atomic E-state index is 13.2. The molecule has 188 valence electrons. The van der Waals surface area contributed by atoms with Crippen LogP contribution in [0.15, 0.2) is 42.5 Å². The third-order valence-corrected chi connectivity index (χ3v) is 7.95. The summed E-state index contributed by atoms with van der Waals surface area (Å²) < 4.78 is 79.1. The predicted octanol–water partition coefficient (Wildman–Crippen LogP) is 6.20. The smallest absolute Gasteiger partial charge is 0.338 e. The van der Waals surface area contributed by atoms with E-state index in [9.17, 15) is 35.9 Å². The van der Waals surface area contributed by atoms with Gasteiger partial charge in [0.1, 0.15) is 0 Å². The number of halogens is 7. The van der Waals surface area contributed by atoms with Crippen LogP contribution in [0.5, 0.6) is 0 Å². The molecule has 2 aliphatic heterocycles. The Labute approximate surface area is 206 Å². The molecule has 0 saturated carbocycles. The van der Waals surface area contributed by atoms with Crippen molar-refractivity contribution in [1.29, 1.82) is 0 Å². The molecule has 0 unspecified atom stereocenters. The van der Waals surface area contributed by atoms with E-state index >= 15 is 0 Å². The van der Waals surface area contributed by atoms with E-state index in [0.29, 0.717) is 47.9 Å². The minimum Gasteiger partial charge on any atom is -0.338 e. The highest BCUT2D eigenvalue weighted by Gasteiger charge is 2.47. The number of carbonyl (C=O) groups excluding carboxylic acids is 2. The summed E-state index contributed by atoms with van der Waals surface area (Å²) in [6.07, 6.45) is -9.41. The molecular formula is C23H19ClF6N2O2S. The van der Waals surface area contributed by atoms with Gasteiger partial charge in [-0.1, -0.05) is 17.7 Å². The lowest BCUT2D eigenvalue weighted by atomic mass is 9.99. The molecule has 0 N–H and O–H groups in total. The van der Waals surface area contributed by atoms with Crippen LogP contribution in [0.2, 0.25) is 5.02 Å². The molecule has 2 aromatic rings. The van der Waals surface area contributed by atoms with Crippen LogP contribution >= 0.6 is 23.4 Å². The molecule has 35 heavy (non-hydrogen) atoms. The summed E-state index contributed by atoms with van der Waals surface area (Å²) in [6, 6.07) is 7.41. The standard InChI is InChI=1S/C23H19ClF6N2O2S/c24-18-3-1-2-14(12-18)20(34)32-8-9-35-21(32)4-6-31(7-5-21)19(33)15-10-16(22(25,26)27)13-17(11-15)23(28,29)30/h1-3,10-13H,4-9H2. The molecule has 0 atom stereocenters. The van der Waals surface area contributed by atoms with Crippen LogP contribution < -0.4 is 0 Å². The first-order chi connectivity index (χ1) is 16.3. The zero-order chi connectivity index (χ0) is 25.6. The van der Waals surface area contributed by atoms with Crippen molar-refractivity contribution in [2.45, 2.75) is 30.1 Å². The summed E-state index contributed by atoms with van der Waals surface area (Å²) in [4.78, 5) is 28.4. The van der Waals surface area contributed by atoms with Crippen LogP contribution in [0.1, 0.15) is 44.7 Å². The van der Waals surface area contributed by atoms with Crippen molar-refractivity contribution in [1.82, 2.24) is 9.80 Å². The van der Waals surface area contributed by atoms with Gasteiger partial charge in [0.25, 0.3) is 11.8 Å². The average Bonchev–Trinajstić information content (AvgIpc) is 3.20.